The number of hydrogen-bond donors (Lipinski definition) is 1. The van der Waals surface area contributed by atoms with Gasteiger partial charge in [-0.15, -0.1) is 24.0 Å². The molecular weight excluding hydrogens is 485 g/mol. The molecule has 0 saturated carbocycles. The van der Waals surface area contributed by atoms with Gasteiger partial charge >= 0.3 is 5.97 Å². The molecule has 0 atom stereocenters. The summed E-state index contributed by atoms with van der Waals surface area (Å²) in [6, 6.07) is 8.04. The Labute approximate surface area is 191 Å². The lowest BCUT2D eigenvalue weighted by atomic mass is 9.97. The SMILES string of the molecule is CCNC(=NCc1cccc(OCCCOC)c1)N1CCC(C(=O)OC)CC1.I. The van der Waals surface area contributed by atoms with Gasteiger partial charge in [0.2, 0.25) is 0 Å². The van der Waals surface area contributed by atoms with E-state index in [1.807, 2.05) is 18.2 Å². The van der Waals surface area contributed by atoms with Crippen LogP contribution < -0.4 is 10.1 Å². The zero-order valence-electron chi connectivity index (χ0n) is 17.7. The Balaban J connectivity index is 0.00000420. The minimum absolute atomic E-state index is 0. The van der Waals surface area contributed by atoms with Gasteiger partial charge in [0.1, 0.15) is 5.75 Å². The van der Waals surface area contributed by atoms with E-state index in [2.05, 4.69) is 23.2 Å². The van der Waals surface area contributed by atoms with Gasteiger partial charge in [0.15, 0.2) is 5.96 Å². The van der Waals surface area contributed by atoms with Crippen LogP contribution in [0, 0.1) is 5.92 Å². The lowest BCUT2D eigenvalue weighted by Crippen LogP contribution is -2.46. The minimum Gasteiger partial charge on any atom is -0.493 e. The van der Waals surface area contributed by atoms with Gasteiger partial charge in [0, 0.05) is 39.8 Å². The molecule has 0 aromatic heterocycles. The summed E-state index contributed by atoms with van der Waals surface area (Å²) in [5.41, 5.74) is 1.10. The number of carbonyl (C=O) groups excluding carboxylic acids is 1. The monoisotopic (exact) mass is 519 g/mol. The van der Waals surface area contributed by atoms with Crippen LogP contribution >= 0.6 is 24.0 Å². The van der Waals surface area contributed by atoms with Crippen LogP contribution in [0.1, 0.15) is 31.7 Å². The number of halogens is 1. The molecule has 29 heavy (non-hydrogen) atoms. The Bertz CT molecular complexity index is 634. The Morgan fingerprint density at radius 2 is 2.00 bits per heavy atom. The third kappa shape index (κ3) is 8.77. The maximum atomic E-state index is 11.7. The number of ether oxygens (including phenoxy) is 3. The molecule has 0 aliphatic carbocycles. The summed E-state index contributed by atoms with van der Waals surface area (Å²) >= 11 is 0. The van der Waals surface area contributed by atoms with Crippen LogP contribution in [0.5, 0.6) is 5.75 Å². The molecule has 0 unspecified atom stereocenters. The molecule has 1 aromatic rings. The maximum absolute atomic E-state index is 11.7. The summed E-state index contributed by atoms with van der Waals surface area (Å²) < 4.78 is 15.7. The highest BCUT2D eigenvalue weighted by molar-refractivity contribution is 14.0. The number of rotatable bonds is 9. The fourth-order valence-electron chi connectivity index (χ4n) is 3.21. The second-order valence-electron chi connectivity index (χ2n) is 6.80. The summed E-state index contributed by atoms with van der Waals surface area (Å²) in [7, 11) is 3.15. The number of benzene rings is 1. The first kappa shape index (κ1) is 25.5. The smallest absolute Gasteiger partial charge is 0.308 e. The standard InChI is InChI=1S/C21H33N3O4.HI/c1-4-22-21(24-11-9-18(10-12-24)20(25)27-3)23-16-17-7-5-8-19(15-17)28-14-6-13-26-2;/h5,7-8,15,18H,4,6,9-14,16H2,1-3H3,(H,22,23);1H. The first-order valence-corrected chi connectivity index (χ1v) is 9.99. The quantitative estimate of drug-likeness (QED) is 0.178. The van der Waals surface area contributed by atoms with E-state index < -0.39 is 0 Å². The molecule has 164 valence electrons. The van der Waals surface area contributed by atoms with Crippen LogP contribution in [0.25, 0.3) is 0 Å². The molecule has 1 saturated heterocycles. The van der Waals surface area contributed by atoms with Crippen molar-refractivity contribution in [3.63, 3.8) is 0 Å². The zero-order chi connectivity index (χ0) is 20.2. The van der Waals surface area contributed by atoms with Crippen molar-refractivity contribution in [3.8, 4) is 5.75 Å². The number of guanidine groups is 1. The normalized spacial score (nSPS) is 14.9. The van der Waals surface area contributed by atoms with Crippen molar-refractivity contribution in [2.75, 3.05) is 47.1 Å². The van der Waals surface area contributed by atoms with Crippen LogP contribution in [0.4, 0.5) is 0 Å². The van der Waals surface area contributed by atoms with E-state index in [4.69, 9.17) is 19.2 Å². The van der Waals surface area contributed by atoms with Crippen molar-refractivity contribution in [1.82, 2.24) is 10.2 Å². The van der Waals surface area contributed by atoms with Gasteiger partial charge in [0.25, 0.3) is 0 Å². The average Bonchev–Trinajstić information content (AvgIpc) is 2.74. The van der Waals surface area contributed by atoms with Crippen LogP contribution in [0.15, 0.2) is 29.3 Å². The summed E-state index contributed by atoms with van der Waals surface area (Å²) in [6.07, 6.45) is 2.45. The third-order valence-electron chi connectivity index (χ3n) is 4.74. The molecule has 1 aliphatic heterocycles. The fourth-order valence-corrected chi connectivity index (χ4v) is 3.21. The molecule has 1 fully saturated rings. The predicted octanol–water partition coefficient (Wildman–Crippen LogP) is 3.07. The van der Waals surface area contributed by atoms with E-state index in [1.165, 1.54) is 7.11 Å². The first-order chi connectivity index (χ1) is 13.7. The Morgan fingerprint density at radius 1 is 1.24 bits per heavy atom. The summed E-state index contributed by atoms with van der Waals surface area (Å²) in [4.78, 5) is 18.7. The van der Waals surface area contributed by atoms with E-state index in [0.29, 0.717) is 19.8 Å². The van der Waals surface area contributed by atoms with E-state index in [1.54, 1.807) is 7.11 Å². The molecule has 1 aliphatic rings. The van der Waals surface area contributed by atoms with Crippen molar-refractivity contribution in [2.24, 2.45) is 10.9 Å². The van der Waals surface area contributed by atoms with Crippen LogP contribution in [-0.4, -0.2) is 63.9 Å². The highest BCUT2D eigenvalue weighted by atomic mass is 127. The molecule has 7 nitrogen and oxygen atoms in total. The van der Waals surface area contributed by atoms with Gasteiger partial charge in [-0.05, 0) is 37.5 Å². The second kappa shape index (κ2) is 14.4. The molecule has 2 rings (SSSR count). The van der Waals surface area contributed by atoms with Crippen LogP contribution in [0.2, 0.25) is 0 Å². The van der Waals surface area contributed by atoms with Crippen LogP contribution in [0.3, 0.4) is 0 Å². The zero-order valence-corrected chi connectivity index (χ0v) is 20.0. The number of carbonyl (C=O) groups is 1. The van der Waals surface area contributed by atoms with Gasteiger partial charge in [-0.1, -0.05) is 12.1 Å². The molecule has 0 bridgehead atoms. The Hall–Kier alpha value is -1.55. The van der Waals surface area contributed by atoms with Gasteiger partial charge in [-0.3, -0.25) is 4.79 Å². The molecular formula is C21H34IN3O4. The predicted molar refractivity (Wildman–Crippen MR) is 125 cm³/mol. The van der Waals surface area contributed by atoms with E-state index in [-0.39, 0.29) is 35.9 Å². The highest BCUT2D eigenvalue weighted by Crippen LogP contribution is 2.19. The topological polar surface area (TPSA) is 72.4 Å². The summed E-state index contributed by atoms with van der Waals surface area (Å²) in [5.74, 6) is 1.63. The third-order valence-corrected chi connectivity index (χ3v) is 4.74. The summed E-state index contributed by atoms with van der Waals surface area (Å²) in [6.45, 7) is 6.38. The second-order valence-corrected chi connectivity index (χ2v) is 6.80. The van der Waals surface area contributed by atoms with Crippen molar-refractivity contribution >= 4 is 35.9 Å². The molecule has 1 N–H and O–H groups in total. The number of methoxy groups -OCH3 is 2. The maximum Gasteiger partial charge on any atom is 0.308 e. The van der Waals surface area contributed by atoms with Crippen molar-refractivity contribution in [1.29, 1.82) is 0 Å². The summed E-state index contributed by atoms with van der Waals surface area (Å²) in [5, 5.41) is 3.36. The van der Waals surface area contributed by atoms with Gasteiger partial charge in [0.05, 0.1) is 26.2 Å². The number of esters is 1. The van der Waals surface area contributed by atoms with Crippen molar-refractivity contribution < 1.29 is 19.0 Å². The van der Waals surface area contributed by atoms with E-state index in [9.17, 15) is 4.79 Å². The van der Waals surface area contributed by atoms with Gasteiger partial charge < -0.3 is 24.4 Å². The fraction of sp³-hybridized carbons (Fsp3) is 0.619. The minimum atomic E-state index is -0.107. The lowest BCUT2D eigenvalue weighted by molar-refractivity contribution is -0.146. The first-order valence-electron chi connectivity index (χ1n) is 9.99. The number of piperidine rings is 1. The molecule has 8 heteroatoms. The number of aliphatic imine (C=N–C) groups is 1. The van der Waals surface area contributed by atoms with E-state index in [0.717, 1.165) is 56.2 Å². The highest BCUT2D eigenvalue weighted by Gasteiger charge is 2.26. The average molecular weight is 519 g/mol. The molecule has 1 heterocycles. The van der Waals surface area contributed by atoms with E-state index >= 15 is 0 Å². The van der Waals surface area contributed by atoms with Crippen LogP contribution in [-0.2, 0) is 20.8 Å². The van der Waals surface area contributed by atoms with Gasteiger partial charge in [-0.2, -0.15) is 0 Å². The number of hydrogen-bond acceptors (Lipinski definition) is 5. The molecule has 1 aromatic carbocycles. The molecule has 0 spiro atoms. The number of nitrogens with zero attached hydrogens (tertiary/aromatic N) is 2. The Kier molecular flexibility index (Phi) is 12.7. The number of likely N-dealkylation sites (tertiary alicyclic amines) is 1. The van der Waals surface area contributed by atoms with Gasteiger partial charge in [-0.25, -0.2) is 4.99 Å². The largest absolute Gasteiger partial charge is 0.493 e. The van der Waals surface area contributed by atoms with Crippen molar-refractivity contribution in [2.45, 2.75) is 32.7 Å². The lowest BCUT2D eigenvalue weighted by Gasteiger charge is -2.33. The molecule has 0 radical (unpaired) electrons. The molecule has 0 amide bonds. The van der Waals surface area contributed by atoms with Crippen molar-refractivity contribution in [3.05, 3.63) is 29.8 Å². The number of nitrogens with one attached hydrogen (secondary N) is 1. The Morgan fingerprint density at radius 3 is 2.66 bits per heavy atom.